The van der Waals surface area contributed by atoms with Crippen molar-refractivity contribution >= 4 is 15.9 Å². The zero-order valence-electron chi connectivity index (χ0n) is 11.6. The minimum absolute atomic E-state index is 0.161. The highest BCUT2D eigenvalue weighted by Gasteiger charge is 2.24. The summed E-state index contributed by atoms with van der Waals surface area (Å²) in [6.07, 6.45) is 1.37. The topological polar surface area (TPSA) is 75.3 Å². The summed E-state index contributed by atoms with van der Waals surface area (Å²) in [6.45, 7) is 3.43. The number of sulfonamides is 1. The molecule has 0 radical (unpaired) electrons. The molecule has 1 aromatic carbocycles. The number of aryl methyl sites for hydroxylation is 1. The highest BCUT2D eigenvalue weighted by atomic mass is 32.2. The normalized spacial score (nSPS) is 16.9. The number of nitrogens with one attached hydrogen (secondary N) is 2. The second-order valence-electron chi connectivity index (χ2n) is 5.24. The van der Waals surface area contributed by atoms with Crippen molar-refractivity contribution in [1.29, 1.82) is 0 Å². The molecule has 1 fully saturated rings. The van der Waals surface area contributed by atoms with Gasteiger partial charge in [0.1, 0.15) is 0 Å². The van der Waals surface area contributed by atoms with E-state index in [4.69, 9.17) is 0 Å². The largest absolute Gasteiger partial charge is 0.317 e. The van der Waals surface area contributed by atoms with Crippen LogP contribution in [-0.2, 0) is 20.6 Å². The van der Waals surface area contributed by atoms with Gasteiger partial charge in [-0.1, -0.05) is 29.8 Å². The fraction of sp³-hybridized carbons (Fsp3) is 0.500. The van der Waals surface area contributed by atoms with Crippen LogP contribution in [0.15, 0.2) is 24.3 Å². The Morgan fingerprint density at radius 3 is 2.70 bits per heavy atom. The SMILES string of the molecule is Cc1cccc(CS(=O)(=O)NC(=O)C2CCNCC2)c1. The lowest BCUT2D eigenvalue weighted by Crippen LogP contribution is -2.41. The predicted molar refractivity (Wildman–Crippen MR) is 77.5 cm³/mol. The lowest BCUT2D eigenvalue weighted by molar-refractivity contribution is -0.123. The molecular formula is C14H20N2O3S. The molecule has 6 heteroatoms. The molecule has 1 aliphatic heterocycles. The van der Waals surface area contributed by atoms with E-state index in [0.717, 1.165) is 18.7 Å². The summed E-state index contributed by atoms with van der Waals surface area (Å²) >= 11 is 0. The first-order valence-electron chi connectivity index (χ1n) is 6.77. The van der Waals surface area contributed by atoms with Gasteiger partial charge in [-0.3, -0.25) is 9.52 Å². The summed E-state index contributed by atoms with van der Waals surface area (Å²) in [5.41, 5.74) is 1.69. The number of hydrogen-bond acceptors (Lipinski definition) is 4. The van der Waals surface area contributed by atoms with E-state index in [2.05, 4.69) is 10.0 Å². The van der Waals surface area contributed by atoms with Gasteiger partial charge in [0.25, 0.3) is 0 Å². The number of carbonyl (C=O) groups excluding carboxylic acids is 1. The maximum absolute atomic E-state index is 12.0. The Kier molecular flexibility index (Phi) is 4.77. The highest BCUT2D eigenvalue weighted by Crippen LogP contribution is 2.13. The van der Waals surface area contributed by atoms with Crippen LogP contribution in [0.3, 0.4) is 0 Å². The van der Waals surface area contributed by atoms with E-state index in [-0.39, 0.29) is 17.6 Å². The summed E-state index contributed by atoms with van der Waals surface area (Å²) in [7, 11) is -3.62. The van der Waals surface area contributed by atoms with Crippen molar-refractivity contribution in [2.45, 2.75) is 25.5 Å². The van der Waals surface area contributed by atoms with E-state index in [0.29, 0.717) is 18.4 Å². The van der Waals surface area contributed by atoms with Gasteiger partial charge >= 0.3 is 0 Å². The van der Waals surface area contributed by atoms with Crippen LogP contribution in [0.2, 0.25) is 0 Å². The Bertz CT molecular complexity index is 578. The van der Waals surface area contributed by atoms with E-state index in [1.54, 1.807) is 6.07 Å². The summed E-state index contributed by atoms with van der Waals surface area (Å²) in [4.78, 5) is 12.0. The molecule has 1 aromatic rings. The van der Waals surface area contributed by atoms with Crippen LogP contribution in [-0.4, -0.2) is 27.4 Å². The maximum Gasteiger partial charge on any atom is 0.239 e. The number of hydrogen-bond donors (Lipinski definition) is 2. The van der Waals surface area contributed by atoms with E-state index < -0.39 is 10.0 Å². The van der Waals surface area contributed by atoms with Crippen LogP contribution in [0.1, 0.15) is 24.0 Å². The Labute approximate surface area is 119 Å². The van der Waals surface area contributed by atoms with Gasteiger partial charge in [-0.2, -0.15) is 0 Å². The van der Waals surface area contributed by atoms with Crippen molar-refractivity contribution in [3.05, 3.63) is 35.4 Å². The second kappa shape index (κ2) is 6.37. The number of piperidine rings is 1. The molecule has 0 atom stereocenters. The number of carbonyl (C=O) groups is 1. The van der Waals surface area contributed by atoms with Gasteiger partial charge in [-0.25, -0.2) is 8.42 Å². The number of rotatable bonds is 4. The number of benzene rings is 1. The van der Waals surface area contributed by atoms with Crippen molar-refractivity contribution in [3.8, 4) is 0 Å². The van der Waals surface area contributed by atoms with E-state index in [1.165, 1.54) is 0 Å². The molecule has 0 spiro atoms. The first-order valence-corrected chi connectivity index (χ1v) is 8.42. The van der Waals surface area contributed by atoms with Gasteiger partial charge in [0.15, 0.2) is 0 Å². The molecule has 2 N–H and O–H groups in total. The van der Waals surface area contributed by atoms with Gasteiger partial charge < -0.3 is 5.32 Å². The summed E-state index contributed by atoms with van der Waals surface area (Å²) < 4.78 is 26.2. The monoisotopic (exact) mass is 296 g/mol. The van der Waals surface area contributed by atoms with E-state index in [9.17, 15) is 13.2 Å². The van der Waals surface area contributed by atoms with Crippen LogP contribution in [0.25, 0.3) is 0 Å². The third kappa shape index (κ3) is 4.31. The molecule has 5 nitrogen and oxygen atoms in total. The highest BCUT2D eigenvalue weighted by molar-refractivity contribution is 7.89. The minimum Gasteiger partial charge on any atom is -0.317 e. The molecule has 1 heterocycles. The zero-order chi connectivity index (χ0) is 14.6. The van der Waals surface area contributed by atoms with Gasteiger partial charge in [0.2, 0.25) is 15.9 Å². The fourth-order valence-corrected chi connectivity index (χ4v) is 3.54. The molecule has 1 aliphatic rings. The van der Waals surface area contributed by atoms with Crippen LogP contribution < -0.4 is 10.0 Å². The van der Waals surface area contributed by atoms with Crippen LogP contribution >= 0.6 is 0 Å². The van der Waals surface area contributed by atoms with E-state index >= 15 is 0 Å². The maximum atomic E-state index is 12.0. The van der Waals surface area contributed by atoms with Crippen LogP contribution in [0.4, 0.5) is 0 Å². The van der Waals surface area contributed by atoms with E-state index in [1.807, 2.05) is 25.1 Å². The molecular weight excluding hydrogens is 276 g/mol. The first kappa shape index (κ1) is 15.0. The van der Waals surface area contributed by atoms with Gasteiger partial charge in [0.05, 0.1) is 5.75 Å². The Morgan fingerprint density at radius 2 is 2.05 bits per heavy atom. The Balaban J connectivity index is 1.98. The average molecular weight is 296 g/mol. The van der Waals surface area contributed by atoms with Crippen molar-refractivity contribution in [1.82, 2.24) is 10.0 Å². The Hall–Kier alpha value is -1.40. The lowest BCUT2D eigenvalue weighted by Gasteiger charge is -2.21. The average Bonchev–Trinajstić information content (AvgIpc) is 2.38. The number of amides is 1. The molecule has 110 valence electrons. The minimum atomic E-state index is -3.62. The first-order chi connectivity index (χ1) is 9.46. The zero-order valence-corrected chi connectivity index (χ0v) is 12.4. The van der Waals surface area contributed by atoms with Gasteiger partial charge in [-0.05, 0) is 38.4 Å². The lowest BCUT2D eigenvalue weighted by atomic mass is 9.98. The molecule has 0 aliphatic carbocycles. The van der Waals surface area contributed by atoms with Crippen LogP contribution in [0.5, 0.6) is 0 Å². The molecule has 0 bridgehead atoms. The smallest absolute Gasteiger partial charge is 0.239 e. The van der Waals surface area contributed by atoms with Gasteiger partial charge in [-0.15, -0.1) is 0 Å². The third-order valence-corrected chi connectivity index (χ3v) is 4.63. The van der Waals surface area contributed by atoms with Crippen LogP contribution in [0, 0.1) is 12.8 Å². The molecule has 0 unspecified atom stereocenters. The Morgan fingerprint density at radius 1 is 1.35 bits per heavy atom. The van der Waals surface area contributed by atoms with Crippen molar-refractivity contribution in [2.75, 3.05) is 13.1 Å². The van der Waals surface area contributed by atoms with Crippen molar-refractivity contribution in [2.24, 2.45) is 5.92 Å². The standard InChI is InChI=1S/C14H20N2O3S/c1-11-3-2-4-12(9-11)10-20(18,19)16-14(17)13-5-7-15-8-6-13/h2-4,9,13,15H,5-8,10H2,1H3,(H,16,17). The molecule has 1 amide bonds. The van der Waals surface area contributed by atoms with Gasteiger partial charge in [0, 0.05) is 5.92 Å². The summed E-state index contributed by atoms with van der Waals surface area (Å²) in [5, 5.41) is 3.15. The summed E-state index contributed by atoms with van der Waals surface area (Å²) in [5.74, 6) is -0.742. The molecule has 1 saturated heterocycles. The molecule has 0 aromatic heterocycles. The quantitative estimate of drug-likeness (QED) is 0.867. The molecule has 2 rings (SSSR count). The molecule has 0 saturated carbocycles. The second-order valence-corrected chi connectivity index (χ2v) is 6.96. The van der Waals surface area contributed by atoms with Crippen molar-refractivity contribution < 1.29 is 13.2 Å². The fourth-order valence-electron chi connectivity index (χ4n) is 2.38. The third-order valence-electron chi connectivity index (χ3n) is 3.41. The molecule has 20 heavy (non-hydrogen) atoms. The van der Waals surface area contributed by atoms with Crippen molar-refractivity contribution in [3.63, 3.8) is 0 Å². The predicted octanol–water partition coefficient (Wildman–Crippen LogP) is 0.941. The summed E-state index contributed by atoms with van der Waals surface area (Å²) in [6, 6.07) is 7.29.